The second-order valence-corrected chi connectivity index (χ2v) is 9.37. The first-order chi connectivity index (χ1) is 16.3. The topological polar surface area (TPSA) is 17.1 Å². The molecule has 0 aliphatic heterocycles. The number of Topliss-reactive ketones (excluding diaryl/α,β-unsaturated/α-hetero) is 1. The summed E-state index contributed by atoms with van der Waals surface area (Å²) in [5.41, 5.74) is 2.05. The molecule has 0 bridgehead atoms. The Kier molecular flexibility index (Phi) is 6.27. The second-order valence-electron chi connectivity index (χ2n) is 8.12. The zero-order chi connectivity index (χ0) is 22.5. The Balaban J connectivity index is 1.53. The Labute approximate surface area is 198 Å². The van der Waals surface area contributed by atoms with E-state index in [4.69, 9.17) is 0 Å². The number of hydrogen-bond acceptors (Lipinski definition) is 2. The minimum atomic E-state index is 0.144. The Morgan fingerprint density at radius 1 is 0.576 bits per heavy atom. The molecule has 0 aliphatic rings. The van der Waals surface area contributed by atoms with Gasteiger partial charge in [0.2, 0.25) is 0 Å². The van der Waals surface area contributed by atoms with Gasteiger partial charge in [0.25, 0.3) is 0 Å². The fraction of sp³-hybridized carbons (Fsp3) is 0.0645. The summed E-state index contributed by atoms with van der Waals surface area (Å²) in [6, 6.07) is 41.5. The van der Waals surface area contributed by atoms with Crippen molar-refractivity contribution in [1.82, 2.24) is 0 Å². The van der Waals surface area contributed by atoms with Gasteiger partial charge < -0.3 is 0 Å². The SMILES string of the molecule is O=C(Cc1ccccccc(Cc2cccc3cc4ccccc4cc23)s1)c1ccccc1. The standard InChI is InChI=1S/C31H24OS/c32-31(23-11-4-3-5-12-23)22-29-18-7-2-1-6-17-28(33-29)20-27-16-10-15-26-19-24-13-8-9-14-25(24)21-30(26)27/h1-19,21H,20,22H2. The molecule has 0 saturated heterocycles. The van der Waals surface area contributed by atoms with Crippen molar-refractivity contribution >= 4 is 38.7 Å². The molecule has 4 aromatic carbocycles. The Hall–Kier alpha value is -3.75. The summed E-state index contributed by atoms with van der Waals surface area (Å²) >= 11 is 1.71. The molecule has 0 amide bonds. The van der Waals surface area contributed by atoms with Crippen LogP contribution in [0.5, 0.6) is 0 Å². The van der Waals surface area contributed by atoms with Gasteiger partial charge in [0.15, 0.2) is 5.78 Å². The van der Waals surface area contributed by atoms with Crippen LogP contribution in [-0.2, 0) is 12.8 Å². The maximum Gasteiger partial charge on any atom is 0.168 e. The summed E-state index contributed by atoms with van der Waals surface area (Å²) < 4.78 is 0. The van der Waals surface area contributed by atoms with Crippen molar-refractivity contribution in [3.63, 3.8) is 0 Å². The summed E-state index contributed by atoms with van der Waals surface area (Å²) in [6.07, 6.45) is 1.22. The third-order valence-corrected chi connectivity index (χ3v) is 6.88. The van der Waals surface area contributed by atoms with Gasteiger partial charge >= 0.3 is 0 Å². The van der Waals surface area contributed by atoms with Crippen molar-refractivity contribution in [2.24, 2.45) is 0 Å². The first-order valence-corrected chi connectivity index (χ1v) is 12.0. The van der Waals surface area contributed by atoms with Crippen LogP contribution in [0.4, 0.5) is 0 Å². The van der Waals surface area contributed by atoms with Crippen LogP contribution in [-0.4, -0.2) is 5.78 Å². The highest BCUT2D eigenvalue weighted by Gasteiger charge is 2.08. The number of ketones is 1. The molecule has 0 unspecified atom stereocenters. The summed E-state index contributed by atoms with van der Waals surface area (Å²) in [7, 11) is 0. The summed E-state index contributed by atoms with van der Waals surface area (Å²) in [4.78, 5) is 15.1. The third kappa shape index (κ3) is 5.02. The van der Waals surface area contributed by atoms with E-state index in [0.29, 0.717) is 6.42 Å². The maximum absolute atomic E-state index is 12.8. The van der Waals surface area contributed by atoms with Gasteiger partial charge in [-0.25, -0.2) is 0 Å². The average Bonchev–Trinajstić information content (AvgIpc) is 2.96. The molecular formula is C31H24OS. The van der Waals surface area contributed by atoms with Gasteiger partial charge in [0.05, 0.1) is 0 Å². The lowest BCUT2D eigenvalue weighted by Crippen LogP contribution is -2.02. The van der Waals surface area contributed by atoms with Crippen LogP contribution in [0.15, 0.2) is 121 Å². The summed E-state index contributed by atoms with van der Waals surface area (Å²) in [6.45, 7) is 0. The van der Waals surface area contributed by atoms with Crippen molar-refractivity contribution in [2.75, 3.05) is 0 Å². The largest absolute Gasteiger partial charge is 0.294 e. The van der Waals surface area contributed by atoms with E-state index in [1.165, 1.54) is 32.0 Å². The molecule has 1 nitrogen and oxygen atoms in total. The monoisotopic (exact) mass is 444 g/mol. The van der Waals surface area contributed by atoms with E-state index < -0.39 is 0 Å². The second kappa shape index (κ2) is 9.81. The van der Waals surface area contributed by atoms with Crippen molar-refractivity contribution < 1.29 is 4.79 Å². The minimum absolute atomic E-state index is 0.144. The number of hydrogen-bond donors (Lipinski definition) is 0. The Morgan fingerprint density at radius 2 is 1.18 bits per heavy atom. The normalized spacial score (nSPS) is 10.8. The molecule has 1 aromatic heterocycles. The Bertz CT molecular complexity index is 1480. The van der Waals surface area contributed by atoms with E-state index in [9.17, 15) is 4.79 Å². The van der Waals surface area contributed by atoms with Crippen molar-refractivity contribution in [2.45, 2.75) is 12.8 Å². The van der Waals surface area contributed by atoms with Gasteiger partial charge in [-0.15, -0.1) is 11.3 Å². The average molecular weight is 445 g/mol. The minimum Gasteiger partial charge on any atom is -0.294 e. The van der Waals surface area contributed by atoms with E-state index >= 15 is 0 Å². The van der Waals surface area contributed by atoms with Crippen molar-refractivity contribution in [3.05, 3.63) is 142 Å². The zero-order valence-electron chi connectivity index (χ0n) is 18.3. The van der Waals surface area contributed by atoms with Gasteiger partial charge in [-0.1, -0.05) is 97.1 Å². The highest BCUT2D eigenvalue weighted by molar-refractivity contribution is 7.11. The molecule has 160 valence electrons. The van der Waals surface area contributed by atoms with E-state index in [0.717, 1.165) is 16.9 Å². The van der Waals surface area contributed by atoms with E-state index in [1.807, 2.05) is 48.5 Å². The molecule has 0 atom stereocenters. The highest BCUT2D eigenvalue weighted by Crippen LogP contribution is 2.28. The van der Waals surface area contributed by atoms with Gasteiger partial charge in [0.1, 0.15) is 0 Å². The lowest BCUT2D eigenvalue weighted by molar-refractivity contribution is 0.0994. The zero-order valence-corrected chi connectivity index (χ0v) is 19.1. The molecule has 33 heavy (non-hydrogen) atoms. The van der Waals surface area contributed by atoms with Gasteiger partial charge in [-0.3, -0.25) is 4.79 Å². The quantitative estimate of drug-likeness (QED) is 0.197. The predicted octanol–water partition coefficient (Wildman–Crippen LogP) is 8.20. The molecule has 0 N–H and O–H groups in total. The van der Waals surface area contributed by atoms with E-state index in [2.05, 4.69) is 72.8 Å². The fourth-order valence-electron chi connectivity index (χ4n) is 4.14. The van der Waals surface area contributed by atoms with Crippen LogP contribution < -0.4 is 0 Å². The molecular weight excluding hydrogens is 420 g/mol. The molecule has 0 aliphatic carbocycles. The lowest BCUT2D eigenvalue weighted by atomic mass is 9.98. The summed E-state index contributed by atoms with van der Waals surface area (Å²) in [5.74, 6) is 0.144. The predicted molar refractivity (Wildman–Crippen MR) is 141 cm³/mol. The fourth-order valence-corrected chi connectivity index (χ4v) is 5.20. The Morgan fingerprint density at radius 3 is 1.97 bits per heavy atom. The van der Waals surface area contributed by atoms with E-state index in [1.54, 1.807) is 11.3 Å². The lowest BCUT2D eigenvalue weighted by Gasteiger charge is -2.09. The summed E-state index contributed by atoms with van der Waals surface area (Å²) in [5, 5.41) is 5.06. The van der Waals surface area contributed by atoms with Crippen molar-refractivity contribution in [3.8, 4) is 0 Å². The molecule has 0 spiro atoms. The molecule has 2 heteroatoms. The number of benzene rings is 4. The first-order valence-electron chi connectivity index (χ1n) is 11.2. The molecule has 0 saturated carbocycles. The molecule has 5 rings (SSSR count). The van der Waals surface area contributed by atoms with Crippen LogP contribution in [0.3, 0.4) is 0 Å². The third-order valence-electron chi connectivity index (χ3n) is 5.79. The van der Waals surface area contributed by atoms with E-state index in [-0.39, 0.29) is 5.78 Å². The molecule has 0 radical (unpaired) electrons. The van der Waals surface area contributed by atoms with Crippen LogP contribution in [0.1, 0.15) is 25.7 Å². The van der Waals surface area contributed by atoms with Gasteiger partial charge in [-0.2, -0.15) is 0 Å². The van der Waals surface area contributed by atoms with Gasteiger partial charge in [0, 0.05) is 28.2 Å². The number of rotatable bonds is 5. The maximum atomic E-state index is 12.8. The van der Waals surface area contributed by atoms with Crippen LogP contribution in [0, 0.1) is 0 Å². The highest BCUT2D eigenvalue weighted by atomic mass is 32.1. The number of carbonyl (C=O) groups is 1. The van der Waals surface area contributed by atoms with Crippen LogP contribution in [0.2, 0.25) is 0 Å². The molecule has 1 heterocycles. The smallest absolute Gasteiger partial charge is 0.168 e. The molecule has 0 fully saturated rings. The molecule has 5 aromatic rings. The number of fused-ring (bicyclic) bond motifs is 2. The van der Waals surface area contributed by atoms with Gasteiger partial charge in [-0.05, 0) is 51.4 Å². The van der Waals surface area contributed by atoms with Crippen LogP contribution in [0.25, 0.3) is 21.5 Å². The van der Waals surface area contributed by atoms with Crippen LogP contribution >= 0.6 is 11.3 Å². The number of carbonyl (C=O) groups excluding carboxylic acids is 1. The van der Waals surface area contributed by atoms with Crippen molar-refractivity contribution in [1.29, 1.82) is 0 Å². The first kappa shape index (κ1) is 21.1.